The summed E-state index contributed by atoms with van der Waals surface area (Å²) in [6.45, 7) is 0. The zero-order chi connectivity index (χ0) is 12.5. The molecule has 1 fully saturated rings. The number of carbonyl (C=O) groups excluding carboxylic acids is 1. The minimum Gasteiger partial charge on any atom is -0.493 e. The van der Waals surface area contributed by atoms with E-state index in [0.717, 1.165) is 31.1 Å². The van der Waals surface area contributed by atoms with E-state index in [1.807, 2.05) is 12.1 Å². The fourth-order valence-corrected chi connectivity index (χ4v) is 1.99. The number of rotatable bonds is 5. The fourth-order valence-electron chi connectivity index (χ4n) is 1.99. The summed E-state index contributed by atoms with van der Waals surface area (Å²) < 4.78 is 10.4. The first-order chi connectivity index (χ1) is 8.11. The molecule has 92 valence electrons. The molecule has 4 heteroatoms. The van der Waals surface area contributed by atoms with Crippen molar-refractivity contribution < 1.29 is 14.3 Å². The minimum absolute atomic E-state index is 0.0836. The number of carbonyl (C=O) groups is 1. The van der Waals surface area contributed by atoms with Gasteiger partial charge >= 0.3 is 0 Å². The Labute approximate surface area is 101 Å². The molecule has 0 bridgehead atoms. The molecule has 1 aromatic rings. The minimum atomic E-state index is -0.0836. The second-order valence-corrected chi connectivity index (χ2v) is 4.58. The third-order valence-electron chi connectivity index (χ3n) is 3.14. The standard InChI is InChI=1S/C13H17NO3/c1-16-11-6-9(7-13(14)3-4-13)5-10(8-15)12(11)17-2/h5-6,8H,3-4,7,14H2,1-2H3. The molecule has 4 nitrogen and oxygen atoms in total. The van der Waals surface area contributed by atoms with E-state index in [0.29, 0.717) is 17.1 Å². The van der Waals surface area contributed by atoms with Gasteiger partial charge in [0.1, 0.15) is 0 Å². The molecule has 0 aliphatic heterocycles. The van der Waals surface area contributed by atoms with Crippen molar-refractivity contribution in [3.63, 3.8) is 0 Å². The highest BCUT2D eigenvalue weighted by Crippen LogP contribution is 2.38. The normalized spacial score (nSPS) is 16.4. The molecule has 0 aromatic heterocycles. The number of aldehydes is 1. The molecule has 17 heavy (non-hydrogen) atoms. The van der Waals surface area contributed by atoms with Gasteiger partial charge in [-0.05, 0) is 37.0 Å². The molecule has 0 heterocycles. The quantitative estimate of drug-likeness (QED) is 0.786. The van der Waals surface area contributed by atoms with Gasteiger partial charge in [-0.2, -0.15) is 0 Å². The maximum atomic E-state index is 11.0. The van der Waals surface area contributed by atoms with Gasteiger partial charge in [-0.3, -0.25) is 4.79 Å². The van der Waals surface area contributed by atoms with Crippen LogP contribution in [0, 0.1) is 0 Å². The Morgan fingerprint density at radius 1 is 1.35 bits per heavy atom. The SMILES string of the molecule is COc1cc(CC2(N)CC2)cc(C=O)c1OC. The van der Waals surface area contributed by atoms with Crippen LogP contribution >= 0.6 is 0 Å². The van der Waals surface area contributed by atoms with Crippen LogP contribution in [0.15, 0.2) is 12.1 Å². The Morgan fingerprint density at radius 3 is 2.53 bits per heavy atom. The first-order valence-electron chi connectivity index (χ1n) is 5.61. The summed E-state index contributed by atoms with van der Waals surface area (Å²) in [5, 5.41) is 0. The number of nitrogens with two attached hydrogens (primary N) is 1. The zero-order valence-electron chi connectivity index (χ0n) is 10.2. The second-order valence-electron chi connectivity index (χ2n) is 4.58. The van der Waals surface area contributed by atoms with E-state index in [9.17, 15) is 4.79 Å². The number of methoxy groups -OCH3 is 2. The monoisotopic (exact) mass is 235 g/mol. The number of benzene rings is 1. The predicted molar refractivity (Wildman–Crippen MR) is 64.8 cm³/mol. The van der Waals surface area contributed by atoms with Crippen molar-refractivity contribution in [2.24, 2.45) is 5.73 Å². The van der Waals surface area contributed by atoms with Crippen molar-refractivity contribution in [3.8, 4) is 11.5 Å². The van der Waals surface area contributed by atoms with E-state index in [4.69, 9.17) is 15.2 Å². The molecule has 1 aliphatic carbocycles. The van der Waals surface area contributed by atoms with Crippen LogP contribution in [0.2, 0.25) is 0 Å². The molecule has 1 aliphatic rings. The van der Waals surface area contributed by atoms with E-state index in [1.54, 1.807) is 7.11 Å². The summed E-state index contributed by atoms with van der Waals surface area (Å²) in [4.78, 5) is 11.0. The van der Waals surface area contributed by atoms with Gasteiger partial charge in [0, 0.05) is 5.54 Å². The summed E-state index contributed by atoms with van der Waals surface area (Å²) in [5.74, 6) is 1.06. The van der Waals surface area contributed by atoms with Crippen LogP contribution in [0.3, 0.4) is 0 Å². The highest BCUT2D eigenvalue weighted by molar-refractivity contribution is 5.81. The van der Waals surface area contributed by atoms with Crippen molar-refractivity contribution in [1.82, 2.24) is 0 Å². The molecule has 0 radical (unpaired) electrons. The molecule has 2 N–H and O–H groups in total. The number of ether oxygens (including phenoxy) is 2. The predicted octanol–water partition coefficient (Wildman–Crippen LogP) is 1.55. The van der Waals surface area contributed by atoms with E-state index in [-0.39, 0.29) is 5.54 Å². The Kier molecular flexibility index (Phi) is 3.07. The first-order valence-corrected chi connectivity index (χ1v) is 5.61. The third kappa shape index (κ3) is 2.42. The van der Waals surface area contributed by atoms with Crippen LogP contribution in [0.4, 0.5) is 0 Å². The third-order valence-corrected chi connectivity index (χ3v) is 3.14. The smallest absolute Gasteiger partial charge is 0.171 e. The van der Waals surface area contributed by atoms with Crippen LogP contribution < -0.4 is 15.2 Å². The van der Waals surface area contributed by atoms with Crippen LogP contribution in [-0.4, -0.2) is 26.0 Å². The van der Waals surface area contributed by atoms with E-state index in [1.165, 1.54) is 7.11 Å². The van der Waals surface area contributed by atoms with Gasteiger partial charge in [-0.1, -0.05) is 0 Å². The molecule has 2 rings (SSSR count). The Balaban J connectivity index is 2.37. The van der Waals surface area contributed by atoms with Gasteiger partial charge in [0.25, 0.3) is 0 Å². The average Bonchev–Trinajstić information content (AvgIpc) is 3.05. The van der Waals surface area contributed by atoms with Crippen molar-refractivity contribution in [1.29, 1.82) is 0 Å². The summed E-state index contributed by atoms with van der Waals surface area (Å²) in [6, 6.07) is 3.71. The molecule has 0 amide bonds. The summed E-state index contributed by atoms with van der Waals surface area (Å²) in [7, 11) is 3.08. The van der Waals surface area contributed by atoms with Crippen LogP contribution in [-0.2, 0) is 6.42 Å². The highest BCUT2D eigenvalue weighted by Gasteiger charge is 2.38. The fraction of sp³-hybridized carbons (Fsp3) is 0.462. The lowest BCUT2D eigenvalue weighted by molar-refractivity contribution is 0.112. The molecular weight excluding hydrogens is 218 g/mol. The molecule has 1 saturated carbocycles. The largest absolute Gasteiger partial charge is 0.493 e. The molecule has 0 atom stereocenters. The van der Waals surface area contributed by atoms with Crippen molar-refractivity contribution in [2.75, 3.05) is 14.2 Å². The Morgan fingerprint density at radius 2 is 2.06 bits per heavy atom. The molecule has 0 unspecified atom stereocenters. The lowest BCUT2D eigenvalue weighted by Gasteiger charge is -2.14. The molecule has 1 aromatic carbocycles. The van der Waals surface area contributed by atoms with Crippen molar-refractivity contribution >= 4 is 6.29 Å². The molecular formula is C13H17NO3. The van der Waals surface area contributed by atoms with Gasteiger partial charge in [0.2, 0.25) is 0 Å². The topological polar surface area (TPSA) is 61.5 Å². The number of hydrogen-bond acceptors (Lipinski definition) is 4. The first kappa shape index (κ1) is 11.9. The molecule has 0 spiro atoms. The zero-order valence-corrected chi connectivity index (χ0v) is 10.2. The lowest BCUT2D eigenvalue weighted by Crippen LogP contribution is -2.24. The van der Waals surface area contributed by atoms with Gasteiger partial charge in [0.05, 0.1) is 19.8 Å². The van der Waals surface area contributed by atoms with E-state index < -0.39 is 0 Å². The Hall–Kier alpha value is -1.55. The maximum absolute atomic E-state index is 11.0. The second kappa shape index (κ2) is 4.37. The highest BCUT2D eigenvalue weighted by atomic mass is 16.5. The summed E-state index contributed by atoms with van der Waals surface area (Å²) >= 11 is 0. The van der Waals surface area contributed by atoms with Gasteiger partial charge in [-0.25, -0.2) is 0 Å². The van der Waals surface area contributed by atoms with Gasteiger partial charge < -0.3 is 15.2 Å². The summed E-state index contributed by atoms with van der Waals surface area (Å²) in [5.41, 5.74) is 7.51. The van der Waals surface area contributed by atoms with Crippen LogP contribution in [0.5, 0.6) is 11.5 Å². The van der Waals surface area contributed by atoms with Crippen LogP contribution in [0.1, 0.15) is 28.8 Å². The van der Waals surface area contributed by atoms with Gasteiger partial charge in [-0.15, -0.1) is 0 Å². The average molecular weight is 235 g/mol. The van der Waals surface area contributed by atoms with E-state index >= 15 is 0 Å². The number of hydrogen-bond donors (Lipinski definition) is 1. The maximum Gasteiger partial charge on any atom is 0.171 e. The van der Waals surface area contributed by atoms with Crippen molar-refractivity contribution in [3.05, 3.63) is 23.3 Å². The lowest BCUT2D eigenvalue weighted by atomic mass is 10.0. The van der Waals surface area contributed by atoms with E-state index in [2.05, 4.69) is 0 Å². The summed E-state index contributed by atoms with van der Waals surface area (Å²) in [6.07, 6.45) is 3.63. The van der Waals surface area contributed by atoms with Gasteiger partial charge in [0.15, 0.2) is 17.8 Å². The molecule has 0 saturated heterocycles. The van der Waals surface area contributed by atoms with Crippen LogP contribution in [0.25, 0.3) is 0 Å². The Bertz CT molecular complexity index is 439. The van der Waals surface area contributed by atoms with Crippen molar-refractivity contribution in [2.45, 2.75) is 24.8 Å².